The van der Waals surface area contributed by atoms with E-state index in [1.165, 1.54) is 17.7 Å². The molecule has 5 heteroatoms. The lowest BCUT2D eigenvalue weighted by atomic mass is 10.2. The van der Waals surface area contributed by atoms with Crippen LogP contribution < -0.4 is 10.6 Å². The van der Waals surface area contributed by atoms with E-state index < -0.39 is 0 Å². The molecule has 17 heavy (non-hydrogen) atoms. The number of aromatic nitrogens is 1. The highest BCUT2D eigenvalue weighted by molar-refractivity contribution is 7.13. The summed E-state index contributed by atoms with van der Waals surface area (Å²) >= 11 is 3.41. The average Bonchev–Trinajstić information content (AvgIpc) is 3.09. The van der Waals surface area contributed by atoms with E-state index in [1.807, 2.05) is 6.07 Å². The fraction of sp³-hybridized carbons (Fsp3) is 0.417. The molecule has 0 bridgehead atoms. The van der Waals surface area contributed by atoms with Crippen molar-refractivity contribution in [2.24, 2.45) is 5.73 Å². The molecule has 0 aromatic carbocycles. The van der Waals surface area contributed by atoms with Gasteiger partial charge in [0.25, 0.3) is 0 Å². The van der Waals surface area contributed by atoms with E-state index in [1.54, 1.807) is 22.7 Å². The topological polar surface area (TPSA) is 42.1 Å². The quantitative estimate of drug-likeness (QED) is 0.928. The van der Waals surface area contributed by atoms with Crippen LogP contribution in [0.1, 0.15) is 29.5 Å². The van der Waals surface area contributed by atoms with Gasteiger partial charge in [0.1, 0.15) is 0 Å². The summed E-state index contributed by atoms with van der Waals surface area (Å²) in [5.74, 6) is 0. The van der Waals surface area contributed by atoms with E-state index in [0.29, 0.717) is 0 Å². The molecule has 3 nitrogen and oxygen atoms in total. The first kappa shape index (κ1) is 11.2. The number of thiophene rings is 1. The number of nitrogens with zero attached hydrogens (tertiary/aromatic N) is 2. The van der Waals surface area contributed by atoms with Crippen LogP contribution in [0.5, 0.6) is 0 Å². The second kappa shape index (κ2) is 4.76. The maximum atomic E-state index is 6.21. The maximum absolute atomic E-state index is 6.21. The molecule has 1 atom stereocenters. The minimum atomic E-state index is -0.0670. The molecular weight excluding hydrogens is 250 g/mol. The van der Waals surface area contributed by atoms with Crippen molar-refractivity contribution in [3.63, 3.8) is 0 Å². The highest BCUT2D eigenvalue weighted by atomic mass is 32.1. The van der Waals surface area contributed by atoms with Crippen molar-refractivity contribution in [1.82, 2.24) is 4.98 Å². The van der Waals surface area contributed by atoms with Gasteiger partial charge < -0.3 is 10.6 Å². The molecule has 3 heterocycles. The summed E-state index contributed by atoms with van der Waals surface area (Å²) in [7, 11) is 0. The fourth-order valence-corrected chi connectivity index (χ4v) is 3.74. The van der Waals surface area contributed by atoms with Crippen LogP contribution in [-0.2, 0) is 0 Å². The standard InChI is InChI=1S/C12H15N3S2/c13-11(10-4-3-7-16-10)9-8-17-12(14-9)15-5-1-2-6-15/h3-4,7-8,11H,1-2,5-6,13H2. The lowest BCUT2D eigenvalue weighted by Crippen LogP contribution is -2.18. The molecule has 1 aliphatic rings. The van der Waals surface area contributed by atoms with Gasteiger partial charge in [-0.25, -0.2) is 4.98 Å². The third-order valence-electron chi connectivity index (χ3n) is 3.05. The average molecular weight is 265 g/mol. The smallest absolute Gasteiger partial charge is 0.185 e. The van der Waals surface area contributed by atoms with Gasteiger partial charge in [-0.3, -0.25) is 0 Å². The molecule has 2 N–H and O–H groups in total. The predicted octanol–water partition coefficient (Wildman–Crippen LogP) is 2.85. The van der Waals surface area contributed by atoms with Gasteiger partial charge in [-0.2, -0.15) is 0 Å². The monoisotopic (exact) mass is 265 g/mol. The van der Waals surface area contributed by atoms with Gasteiger partial charge in [-0.15, -0.1) is 22.7 Å². The van der Waals surface area contributed by atoms with Crippen LogP contribution in [0.15, 0.2) is 22.9 Å². The Morgan fingerprint density at radius 3 is 2.82 bits per heavy atom. The van der Waals surface area contributed by atoms with Crippen molar-refractivity contribution >= 4 is 27.8 Å². The zero-order valence-electron chi connectivity index (χ0n) is 9.50. The van der Waals surface area contributed by atoms with Crippen molar-refractivity contribution < 1.29 is 0 Å². The summed E-state index contributed by atoms with van der Waals surface area (Å²) in [6, 6.07) is 4.04. The molecule has 3 rings (SSSR count). The second-order valence-electron chi connectivity index (χ2n) is 4.24. The summed E-state index contributed by atoms with van der Waals surface area (Å²) in [5, 5.41) is 5.28. The Labute approximate surface area is 109 Å². The molecule has 1 aliphatic heterocycles. The third-order valence-corrected chi connectivity index (χ3v) is 4.93. The summed E-state index contributed by atoms with van der Waals surface area (Å²) in [6.45, 7) is 2.28. The van der Waals surface area contributed by atoms with Crippen LogP contribution in [0.25, 0.3) is 0 Å². The number of hydrogen-bond acceptors (Lipinski definition) is 5. The largest absolute Gasteiger partial charge is 0.348 e. The van der Waals surface area contributed by atoms with Crippen LogP contribution in [-0.4, -0.2) is 18.1 Å². The Morgan fingerprint density at radius 1 is 1.29 bits per heavy atom. The third kappa shape index (κ3) is 2.22. The van der Waals surface area contributed by atoms with Crippen LogP contribution in [0.3, 0.4) is 0 Å². The van der Waals surface area contributed by atoms with Gasteiger partial charge in [-0.05, 0) is 24.3 Å². The molecule has 1 saturated heterocycles. The molecule has 0 spiro atoms. The summed E-state index contributed by atoms with van der Waals surface area (Å²) in [6.07, 6.45) is 2.57. The Hall–Kier alpha value is -0.910. The van der Waals surface area contributed by atoms with Crippen molar-refractivity contribution in [3.05, 3.63) is 33.5 Å². The van der Waals surface area contributed by atoms with Crippen LogP contribution in [0, 0.1) is 0 Å². The molecule has 0 amide bonds. The van der Waals surface area contributed by atoms with Gasteiger partial charge in [0, 0.05) is 23.3 Å². The Balaban J connectivity index is 1.80. The number of anilines is 1. The highest BCUT2D eigenvalue weighted by Crippen LogP contribution is 2.29. The second-order valence-corrected chi connectivity index (χ2v) is 6.06. The summed E-state index contributed by atoms with van der Waals surface area (Å²) in [5.41, 5.74) is 7.21. The first-order valence-corrected chi connectivity index (χ1v) is 7.60. The molecular formula is C12H15N3S2. The van der Waals surface area contributed by atoms with Crippen LogP contribution >= 0.6 is 22.7 Å². The van der Waals surface area contributed by atoms with E-state index in [0.717, 1.165) is 23.9 Å². The van der Waals surface area contributed by atoms with Gasteiger partial charge in [0.2, 0.25) is 0 Å². The molecule has 0 saturated carbocycles. The van der Waals surface area contributed by atoms with E-state index in [-0.39, 0.29) is 6.04 Å². The fourth-order valence-electron chi connectivity index (χ4n) is 2.09. The van der Waals surface area contributed by atoms with Gasteiger partial charge in [-0.1, -0.05) is 6.07 Å². The number of rotatable bonds is 3. The maximum Gasteiger partial charge on any atom is 0.185 e. The molecule has 0 radical (unpaired) electrons. The van der Waals surface area contributed by atoms with Crippen LogP contribution in [0.2, 0.25) is 0 Å². The number of hydrogen-bond donors (Lipinski definition) is 1. The van der Waals surface area contributed by atoms with Crippen LogP contribution in [0.4, 0.5) is 5.13 Å². The molecule has 90 valence electrons. The minimum absolute atomic E-state index is 0.0670. The Morgan fingerprint density at radius 2 is 2.12 bits per heavy atom. The van der Waals surface area contributed by atoms with Crippen molar-refractivity contribution in [2.75, 3.05) is 18.0 Å². The molecule has 2 aromatic heterocycles. The highest BCUT2D eigenvalue weighted by Gasteiger charge is 2.18. The first-order valence-electron chi connectivity index (χ1n) is 5.84. The van der Waals surface area contributed by atoms with Crippen molar-refractivity contribution in [2.45, 2.75) is 18.9 Å². The summed E-state index contributed by atoms with van der Waals surface area (Å²) < 4.78 is 0. The van der Waals surface area contributed by atoms with Crippen molar-refractivity contribution in [3.8, 4) is 0 Å². The SMILES string of the molecule is NC(c1csc(N2CCCC2)n1)c1cccs1. The zero-order chi connectivity index (χ0) is 11.7. The summed E-state index contributed by atoms with van der Waals surface area (Å²) in [4.78, 5) is 8.21. The molecule has 1 fully saturated rings. The lowest BCUT2D eigenvalue weighted by Gasteiger charge is -2.12. The van der Waals surface area contributed by atoms with Gasteiger partial charge >= 0.3 is 0 Å². The minimum Gasteiger partial charge on any atom is -0.348 e. The molecule has 1 unspecified atom stereocenters. The Bertz CT molecular complexity index is 472. The predicted molar refractivity (Wildman–Crippen MR) is 73.9 cm³/mol. The Kier molecular flexibility index (Phi) is 3.13. The van der Waals surface area contributed by atoms with Gasteiger partial charge in [0.15, 0.2) is 5.13 Å². The van der Waals surface area contributed by atoms with Crippen molar-refractivity contribution in [1.29, 1.82) is 0 Å². The van der Waals surface area contributed by atoms with E-state index in [2.05, 4.69) is 26.7 Å². The van der Waals surface area contributed by atoms with E-state index in [9.17, 15) is 0 Å². The van der Waals surface area contributed by atoms with Gasteiger partial charge in [0.05, 0.1) is 11.7 Å². The van der Waals surface area contributed by atoms with E-state index >= 15 is 0 Å². The zero-order valence-corrected chi connectivity index (χ0v) is 11.1. The molecule has 2 aromatic rings. The first-order chi connectivity index (χ1) is 8.34. The normalized spacial score (nSPS) is 17.6. The van der Waals surface area contributed by atoms with E-state index in [4.69, 9.17) is 5.73 Å². The number of thiazole rings is 1. The lowest BCUT2D eigenvalue weighted by molar-refractivity contribution is 0.847. The molecule has 0 aliphatic carbocycles. The number of nitrogens with two attached hydrogens (primary N) is 1.